The molecule has 0 aliphatic carbocycles. The van der Waals surface area contributed by atoms with Gasteiger partial charge in [0.25, 0.3) is 0 Å². The summed E-state index contributed by atoms with van der Waals surface area (Å²) in [5.74, 6) is -3.40. The van der Waals surface area contributed by atoms with Crippen molar-refractivity contribution < 1.29 is 29.1 Å². The molecule has 0 saturated heterocycles. The van der Waals surface area contributed by atoms with E-state index >= 15 is 0 Å². The third-order valence-corrected chi connectivity index (χ3v) is 7.55. The minimum absolute atomic E-state index is 0.0382. The molecule has 0 heterocycles. The molecule has 5 amide bonds. The van der Waals surface area contributed by atoms with Crippen molar-refractivity contribution in [2.75, 3.05) is 6.54 Å². The summed E-state index contributed by atoms with van der Waals surface area (Å²) in [6.45, 7) is 1.52. The molecule has 0 saturated carbocycles. The second-order valence-electron chi connectivity index (χ2n) is 11.6. The van der Waals surface area contributed by atoms with Crippen molar-refractivity contribution in [2.24, 2.45) is 11.5 Å². The van der Waals surface area contributed by atoms with E-state index < -0.39 is 53.7 Å². The Labute approximate surface area is 284 Å². The Morgan fingerprint density at radius 3 is 1.55 bits per heavy atom. The predicted molar refractivity (Wildman–Crippen MR) is 184 cm³/mol. The van der Waals surface area contributed by atoms with Crippen LogP contribution in [0.5, 0.6) is 5.75 Å². The number of hydrogen-bond acceptors (Lipinski definition) is 7. The third-order valence-electron chi connectivity index (χ3n) is 7.55. The van der Waals surface area contributed by atoms with Crippen LogP contribution in [0.15, 0.2) is 84.9 Å². The number of aromatic hydroxyl groups is 1. The maximum absolute atomic E-state index is 13.9. The van der Waals surface area contributed by atoms with Crippen LogP contribution < -0.4 is 38.1 Å². The summed E-state index contributed by atoms with van der Waals surface area (Å²) >= 11 is 0. The molecule has 14 heteroatoms. The second kappa shape index (κ2) is 19.0. The highest BCUT2D eigenvalue weighted by Gasteiger charge is 2.31. The SMILES string of the molecule is CC(=O)NC(Cc1ccccc1)C(=O)N[C@@H](CCCNC(=N)N)C(=O)NC(Cc1ccccc1)C(=O)N[C@@H](Cc1ccc(O)cc1)C(N)=O. The van der Waals surface area contributed by atoms with Gasteiger partial charge in [-0.2, -0.15) is 0 Å². The molecule has 3 aromatic carbocycles. The van der Waals surface area contributed by atoms with Crippen molar-refractivity contribution in [3.63, 3.8) is 0 Å². The largest absolute Gasteiger partial charge is 0.508 e. The molecule has 0 bridgehead atoms. The van der Waals surface area contributed by atoms with Crippen LogP contribution in [0.25, 0.3) is 0 Å². The number of primary amides is 1. The Hall–Kier alpha value is -5.92. The zero-order valence-electron chi connectivity index (χ0n) is 27.3. The molecule has 3 aromatic rings. The number of carbonyl (C=O) groups excluding carboxylic acids is 5. The van der Waals surface area contributed by atoms with Gasteiger partial charge in [0, 0.05) is 32.7 Å². The highest BCUT2D eigenvalue weighted by Crippen LogP contribution is 2.12. The van der Waals surface area contributed by atoms with Crippen LogP contribution in [0.1, 0.15) is 36.5 Å². The number of amides is 5. The van der Waals surface area contributed by atoms with E-state index in [4.69, 9.17) is 16.9 Å². The number of nitrogens with one attached hydrogen (secondary N) is 6. The topological polar surface area (TPSA) is 242 Å². The van der Waals surface area contributed by atoms with Gasteiger partial charge in [0.15, 0.2) is 5.96 Å². The lowest BCUT2D eigenvalue weighted by atomic mass is 10.0. The zero-order chi connectivity index (χ0) is 35.8. The average molecular weight is 673 g/mol. The average Bonchev–Trinajstić information content (AvgIpc) is 3.06. The van der Waals surface area contributed by atoms with Crippen LogP contribution in [-0.2, 0) is 43.2 Å². The summed E-state index contributed by atoms with van der Waals surface area (Å²) in [5.41, 5.74) is 13.2. The van der Waals surface area contributed by atoms with Gasteiger partial charge < -0.3 is 43.2 Å². The van der Waals surface area contributed by atoms with Crippen molar-refractivity contribution in [1.82, 2.24) is 26.6 Å². The number of benzene rings is 3. The highest BCUT2D eigenvalue weighted by molar-refractivity contribution is 5.95. The Morgan fingerprint density at radius 1 is 0.633 bits per heavy atom. The van der Waals surface area contributed by atoms with Crippen molar-refractivity contribution in [1.29, 1.82) is 5.41 Å². The van der Waals surface area contributed by atoms with E-state index in [9.17, 15) is 29.1 Å². The lowest BCUT2D eigenvalue weighted by molar-refractivity contribution is -0.134. The Balaban J connectivity index is 1.84. The molecule has 11 N–H and O–H groups in total. The van der Waals surface area contributed by atoms with Crippen LogP contribution in [0.3, 0.4) is 0 Å². The van der Waals surface area contributed by atoms with Gasteiger partial charge in [-0.3, -0.25) is 29.4 Å². The standard InChI is InChI=1S/C35H44N8O6/c1-22(44)40-29(20-23-9-4-2-5-10-23)33(48)41-27(13-8-18-39-35(37)38)32(47)43-30(21-24-11-6-3-7-12-24)34(49)42-28(31(36)46)19-25-14-16-26(45)17-15-25/h2-7,9-12,14-17,27-30,45H,8,13,18-21H2,1H3,(H2,36,46)(H,40,44)(H,41,48)(H,42,49)(H,43,47)(H4,37,38,39)/t27-,28-,29?,30?/m0/s1. The maximum Gasteiger partial charge on any atom is 0.243 e. The zero-order valence-corrected chi connectivity index (χ0v) is 27.3. The first-order chi connectivity index (χ1) is 23.4. The fourth-order valence-electron chi connectivity index (χ4n) is 5.07. The maximum atomic E-state index is 13.9. The van der Waals surface area contributed by atoms with Crippen molar-refractivity contribution >= 4 is 35.5 Å². The number of phenols is 1. The number of phenolic OH excluding ortho intramolecular Hbond substituents is 1. The summed E-state index contributed by atoms with van der Waals surface area (Å²) < 4.78 is 0. The molecule has 0 aromatic heterocycles. The van der Waals surface area contributed by atoms with Crippen LogP contribution in [0, 0.1) is 5.41 Å². The van der Waals surface area contributed by atoms with Crippen LogP contribution in [0.2, 0.25) is 0 Å². The summed E-state index contributed by atoms with van der Waals surface area (Å²) in [6.07, 6.45) is 0.675. The second-order valence-corrected chi connectivity index (χ2v) is 11.6. The van der Waals surface area contributed by atoms with Crippen LogP contribution in [-0.4, -0.2) is 71.3 Å². The Bertz CT molecular complexity index is 1570. The number of guanidine groups is 1. The van der Waals surface area contributed by atoms with E-state index in [1.807, 2.05) is 30.3 Å². The molecule has 0 aliphatic rings. The van der Waals surface area contributed by atoms with Gasteiger partial charge in [-0.25, -0.2) is 0 Å². The first kappa shape index (κ1) is 37.5. The molecule has 0 aliphatic heterocycles. The summed E-state index contributed by atoms with van der Waals surface area (Å²) in [5, 5.41) is 30.4. The van der Waals surface area contributed by atoms with Gasteiger partial charge >= 0.3 is 0 Å². The summed E-state index contributed by atoms with van der Waals surface area (Å²) in [7, 11) is 0. The fourth-order valence-corrected chi connectivity index (χ4v) is 5.07. The number of carbonyl (C=O) groups is 5. The Kier molecular flexibility index (Phi) is 14.6. The van der Waals surface area contributed by atoms with Gasteiger partial charge in [0.2, 0.25) is 29.5 Å². The van der Waals surface area contributed by atoms with Gasteiger partial charge in [-0.15, -0.1) is 0 Å². The van der Waals surface area contributed by atoms with E-state index in [1.54, 1.807) is 42.5 Å². The monoisotopic (exact) mass is 672 g/mol. The predicted octanol–water partition coefficient (Wildman–Crippen LogP) is 0.128. The first-order valence-electron chi connectivity index (χ1n) is 15.8. The molecular formula is C35H44N8O6. The number of rotatable bonds is 18. The van der Waals surface area contributed by atoms with Gasteiger partial charge in [-0.1, -0.05) is 72.8 Å². The Morgan fingerprint density at radius 2 is 1.06 bits per heavy atom. The molecular weight excluding hydrogens is 628 g/mol. The van der Waals surface area contributed by atoms with E-state index in [-0.39, 0.29) is 43.9 Å². The first-order valence-corrected chi connectivity index (χ1v) is 15.8. The summed E-state index contributed by atoms with van der Waals surface area (Å²) in [6, 6.07) is 19.6. The molecule has 2 unspecified atom stereocenters. The molecule has 0 spiro atoms. The lowest BCUT2D eigenvalue weighted by Gasteiger charge is -2.26. The molecule has 14 nitrogen and oxygen atoms in total. The molecule has 260 valence electrons. The highest BCUT2D eigenvalue weighted by atomic mass is 16.3. The quantitative estimate of drug-likeness (QED) is 0.0510. The third kappa shape index (κ3) is 13.4. The van der Waals surface area contributed by atoms with Crippen molar-refractivity contribution in [3.8, 4) is 5.75 Å². The minimum atomic E-state index is -1.18. The van der Waals surface area contributed by atoms with Gasteiger partial charge in [0.1, 0.15) is 29.9 Å². The van der Waals surface area contributed by atoms with Crippen LogP contribution in [0.4, 0.5) is 0 Å². The van der Waals surface area contributed by atoms with Gasteiger partial charge in [-0.05, 0) is 41.7 Å². The van der Waals surface area contributed by atoms with E-state index in [1.165, 1.54) is 19.1 Å². The van der Waals surface area contributed by atoms with Crippen molar-refractivity contribution in [2.45, 2.75) is 63.2 Å². The lowest BCUT2D eigenvalue weighted by Crippen LogP contribution is -2.59. The normalized spacial score (nSPS) is 13.1. The number of nitrogens with two attached hydrogens (primary N) is 2. The molecule has 0 fully saturated rings. The molecule has 4 atom stereocenters. The molecule has 49 heavy (non-hydrogen) atoms. The molecule has 0 radical (unpaired) electrons. The minimum Gasteiger partial charge on any atom is -0.508 e. The summed E-state index contributed by atoms with van der Waals surface area (Å²) in [4.78, 5) is 65.5. The fraction of sp³-hybridized carbons (Fsp3) is 0.314. The van der Waals surface area contributed by atoms with E-state index in [0.717, 1.165) is 11.1 Å². The van der Waals surface area contributed by atoms with Crippen LogP contribution >= 0.6 is 0 Å². The smallest absolute Gasteiger partial charge is 0.243 e. The van der Waals surface area contributed by atoms with E-state index in [2.05, 4.69) is 26.6 Å². The van der Waals surface area contributed by atoms with E-state index in [0.29, 0.717) is 12.0 Å². The molecule has 3 rings (SSSR count). The van der Waals surface area contributed by atoms with Gasteiger partial charge in [0.05, 0.1) is 0 Å². The number of hydrogen-bond donors (Lipinski definition) is 9. The van der Waals surface area contributed by atoms with Crippen molar-refractivity contribution in [3.05, 3.63) is 102 Å².